The summed E-state index contributed by atoms with van der Waals surface area (Å²) in [6.07, 6.45) is 16.0. The number of rotatable bonds is 12. The van der Waals surface area contributed by atoms with Gasteiger partial charge in [-0.05, 0) is 31.3 Å². The van der Waals surface area contributed by atoms with E-state index in [0.717, 1.165) is 40.1 Å². The van der Waals surface area contributed by atoms with Gasteiger partial charge in [-0.2, -0.15) is 0 Å². The van der Waals surface area contributed by atoms with Crippen LogP contribution in [0.5, 0.6) is 0 Å². The zero-order valence-electron chi connectivity index (χ0n) is 32.4. The summed E-state index contributed by atoms with van der Waals surface area (Å²) in [6.45, 7) is 3.67. The number of hydrogen-bond donors (Lipinski definition) is 4. The lowest BCUT2D eigenvalue weighted by molar-refractivity contribution is -0.150. The number of nitrogens with zero attached hydrogens (tertiary/aromatic N) is 3. The Morgan fingerprint density at radius 1 is 0.862 bits per heavy atom. The normalized spacial score (nSPS) is 20.2. The van der Waals surface area contributed by atoms with Gasteiger partial charge in [0.2, 0.25) is 5.60 Å². The largest absolute Gasteiger partial charge is 0.477 e. The number of nitrogens with one attached hydrogen (secondary N) is 2. The van der Waals surface area contributed by atoms with Gasteiger partial charge in [-0.25, -0.2) is 9.78 Å². The second kappa shape index (κ2) is 19.0. The summed E-state index contributed by atoms with van der Waals surface area (Å²) in [5.41, 5.74) is 7.23. The van der Waals surface area contributed by atoms with Crippen LogP contribution >= 0.6 is 23.1 Å². The van der Waals surface area contributed by atoms with Gasteiger partial charge in [0, 0.05) is 39.9 Å². The van der Waals surface area contributed by atoms with Gasteiger partial charge in [0.15, 0.2) is 10.8 Å². The number of amides is 2. The van der Waals surface area contributed by atoms with Crippen molar-refractivity contribution in [3.05, 3.63) is 143 Å². The maximum Gasteiger partial charge on any atom is 0.352 e. The summed E-state index contributed by atoms with van der Waals surface area (Å²) in [5.74, 6) is -2.19. The fourth-order valence-corrected chi connectivity index (χ4v) is 10.2. The van der Waals surface area contributed by atoms with Crippen LogP contribution in [-0.2, 0) is 24.8 Å². The van der Waals surface area contributed by atoms with E-state index in [1.165, 1.54) is 86.9 Å². The Labute approximate surface area is 347 Å². The molecule has 2 atom stereocenters. The molecule has 8 rings (SSSR count). The first kappa shape index (κ1) is 40.9. The predicted octanol–water partition coefficient (Wildman–Crippen LogP) is 7.60. The van der Waals surface area contributed by atoms with E-state index in [1.807, 2.05) is 91.0 Å². The van der Waals surface area contributed by atoms with Gasteiger partial charge >= 0.3 is 5.97 Å². The molecule has 0 bridgehead atoms. The number of β-lactam (4-membered cyclic amide) rings is 1. The molecule has 3 aromatic carbocycles. The molecule has 302 valence electrons. The molecular weight excluding hydrogens is 769 g/mol. The maximum atomic E-state index is 13.9. The van der Waals surface area contributed by atoms with Gasteiger partial charge in [-0.15, -0.1) is 23.1 Å². The SMILES string of the molecule is C1CCC(NC2CCCCC2)CC1.C=CC1=C(C(=O)O)N2C(=O)C(NC(=O)/C(=N/OC(c3ccccc3)(c3ccccc3)c3ccccc3)c3csc(N)n3)[C@H]2SC1. The minimum Gasteiger partial charge on any atom is -0.477 e. The van der Waals surface area contributed by atoms with Gasteiger partial charge in [-0.3, -0.25) is 14.5 Å². The Morgan fingerprint density at radius 2 is 1.38 bits per heavy atom. The van der Waals surface area contributed by atoms with Crippen LogP contribution in [0.1, 0.15) is 86.6 Å². The molecule has 1 saturated heterocycles. The average molecular weight is 819 g/mol. The number of benzene rings is 3. The van der Waals surface area contributed by atoms with Crippen molar-refractivity contribution in [2.75, 3.05) is 11.5 Å². The van der Waals surface area contributed by atoms with Crippen molar-refractivity contribution in [1.82, 2.24) is 20.5 Å². The number of oxime groups is 1. The molecule has 3 fully saturated rings. The predicted molar refractivity (Wildman–Crippen MR) is 230 cm³/mol. The number of anilines is 1. The first-order chi connectivity index (χ1) is 28.3. The molecule has 0 radical (unpaired) electrons. The van der Waals surface area contributed by atoms with Crippen LogP contribution in [0.2, 0.25) is 0 Å². The van der Waals surface area contributed by atoms with Crippen LogP contribution in [0.15, 0.2) is 125 Å². The number of thiazole rings is 1. The van der Waals surface area contributed by atoms with E-state index in [1.54, 1.807) is 5.38 Å². The summed E-state index contributed by atoms with van der Waals surface area (Å²) < 4.78 is 0. The number of carbonyl (C=O) groups is 3. The van der Waals surface area contributed by atoms with Crippen molar-refractivity contribution < 1.29 is 24.3 Å². The topological polar surface area (TPSA) is 159 Å². The molecule has 0 spiro atoms. The highest BCUT2D eigenvalue weighted by molar-refractivity contribution is 8.00. The number of aromatic nitrogens is 1. The highest BCUT2D eigenvalue weighted by Crippen LogP contribution is 2.42. The molecule has 3 heterocycles. The number of nitrogen functional groups attached to an aromatic ring is 1. The van der Waals surface area contributed by atoms with E-state index in [9.17, 15) is 19.5 Å². The molecule has 2 aliphatic heterocycles. The molecule has 2 amide bonds. The van der Waals surface area contributed by atoms with Crippen LogP contribution in [0.25, 0.3) is 0 Å². The quantitative estimate of drug-likeness (QED) is 0.0489. The van der Waals surface area contributed by atoms with Crippen molar-refractivity contribution in [3.63, 3.8) is 0 Å². The van der Waals surface area contributed by atoms with E-state index in [0.29, 0.717) is 11.3 Å². The number of allylic oxidation sites excluding steroid dienone is 1. The summed E-state index contributed by atoms with van der Waals surface area (Å²) >= 11 is 2.46. The number of fused-ring (bicyclic) bond motifs is 1. The van der Waals surface area contributed by atoms with E-state index < -0.39 is 34.8 Å². The first-order valence-electron chi connectivity index (χ1n) is 20.0. The number of aliphatic carboxylic acids is 1. The third kappa shape index (κ3) is 8.91. The average Bonchev–Trinajstić information content (AvgIpc) is 3.70. The van der Waals surface area contributed by atoms with Crippen LogP contribution in [0.3, 0.4) is 0 Å². The fraction of sp³-hybridized carbons (Fsp3) is 0.356. The van der Waals surface area contributed by atoms with Gasteiger partial charge in [0.05, 0.1) is 0 Å². The van der Waals surface area contributed by atoms with Crippen molar-refractivity contribution in [2.24, 2.45) is 5.16 Å². The molecule has 4 aromatic rings. The van der Waals surface area contributed by atoms with Gasteiger partial charge in [0.1, 0.15) is 22.8 Å². The second-order valence-electron chi connectivity index (χ2n) is 15.0. The number of carbonyl (C=O) groups excluding carboxylic acids is 2. The standard InChI is InChI=1S/C33H27N5O5S2.C12H23N/c1-2-20-18-44-30-26(29(40)38(30)27(20)31(41)42)36-28(39)25(24-19-45-32(34)35-24)37-43-33(21-12-6-3-7-13-21,22-14-8-4-9-15-22)23-16-10-5-11-17-23;1-3-7-11(8-4-1)13-12-9-5-2-6-10-12/h2-17,19,26,30H,1,18H2,(H2,34,35)(H,36,39)(H,41,42);11-13H,1-10H2/b37-25+;/t26?,30-;/m1./s1. The minimum absolute atomic E-state index is 0.132. The molecule has 1 aromatic heterocycles. The third-order valence-electron chi connectivity index (χ3n) is 11.2. The fourth-order valence-electron chi connectivity index (χ4n) is 8.27. The highest BCUT2D eigenvalue weighted by Gasteiger charge is 2.54. The van der Waals surface area contributed by atoms with Crippen LogP contribution in [0, 0.1) is 0 Å². The highest BCUT2D eigenvalue weighted by atomic mass is 32.2. The first-order valence-corrected chi connectivity index (χ1v) is 22.0. The van der Waals surface area contributed by atoms with Gasteiger partial charge in [-0.1, -0.05) is 147 Å². The number of carboxylic acids is 1. The summed E-state index contributed by atoms with van der Waals surface area (Å²) in [4.78, 5) is 51.1. The molecular formula is C45H50N6O5S2. The molecule has 2 aliphatic carbocycles. The second-order valence-corrected chi connectivity index (χ2v) is 17.0. The van der Waals surface area contributed by atoms with Crippen molar-refractivity contribution in [1.29, 1.82) is 0 Å². The van der Waals surface area contributed by atoms with Gasteiger partial charge in [0.25, 0.3) is 11.8 Å². The Bertz CT molecular complexity index is 2000. The molecule has 13 heteroatoms. The van der Waals surface area contributed by atoms with Gasteiger partial charge < -0.3 is 26.3 Å². The minimum atomic E-state index is -1.28. The van der Waals surface area contributed by atoms with E-state index in [4.69, 9.17) is 10.6 Å². The molecule has 58 heavy (non-hydrogen) atoms. The molecule has 4 aliphatic rings. The summed E-state index contributed by atoms with van der Waals surface area (Å²) in [5, 5.41) is 22.0. The molecule has 11 nitrogen and oxygen atoms in total. The zero-order chi connectivity index (χ0) is 40.5. The Kier molecular flexibility index (Phi) is 13.4. The zero-order valence-corrected chi connectivity index (χ0v) is 34.1. The lowest BCUT2D eigenvalue weighted by Crippen LogP contribution is -2.71. The maximum absolute atomic E-state index is 13.9. The lowest BCUT2D eigenvalue weighted by atomic mass is 9.80. The summed E-state index contributed by atoms with van der Waals surface area (Å²) in [6, 6.07) is 29.3. The third-order valence-corrected chi connectivity index (χ3v) is 13.2. The number of thioether (sulfide) groups is 1. The molecule has 5 N–H and O–H groups in total. The lowest BCUT2D eigenvalue weighted by Gasteiger charge is -2.49. The monoisotopic (exact) mass is 818 g/mol. The molecule has 1 unspecified atom stereocenters. The molecule has 2 saturated carbocycles. The van der Waals surface area contributed by atoms with Crippen LogP contribution in [0.4, 0.5) is 5.13 Å². The Balaban J connectivity index is 0.000000333. The van der Waals surface area contributed by atoms with E-state index >= 15 is 0 Å². The Hall–Kier alpha value is -5.24. The Morgan fingerprint density at radius 3 is 1.83 bits per heavy atom. The van der Waals surface area contributed by atoms with Crippen molar-refractivity contribution in [2.45, 2.75) is 93.3 Å². The van der Waals surface area contributed by atoms with Crippen molar-refractivity contribution >= 4 is 51.7 Å². The number of carboxylic acid groups (broad SMARTS) is 1. The summed E-state index contributed by atoms with van der Waals surface area (Å²) in [7, 11) is 0. The number of nitrogens with two attached hydrogens (primary N) is 1. The van der Waals surface area contributed by atoms with E-state index in [-0.39, 0.29) is 22.2 Å². The van der Waals surface area contributed by atoms with Crippen LogP contribution in [-0.4, -0.2) is 67.7 Å². The van der Waals surface area contributed by atoms with E-state index in [2.05, 4.69) is 27.4 Å². The van der Waals surface area contributed by atoms with Crippen LogP contribution < -0.4 is 16.4 Å². The van der Waals surface area contributed by atoms with Crippen molar-refractivity contribution in [3.8, 4) is 0 Å². The number of hydrogen-bond acceptors (Lipinski definition) is 10. The smallest absolute Gasteiger partial charge is 0.352 e.